The highest BCUT2D eigenvalue weighted by atomic mass is 16.5. The fourth-order valence-corrected chi connectivity index (χ4v) is 3.98. The molecule has 0 amide bonds. The van der Waals surface area contributed by atoms with Crippen LogP contribution in [-0.4, -0.2) is 18.2 Å². The predicted molar refractivity (Wildman–Crippen MR) is 108 cm³/mol. The monoisotopic (exact) mass is 354 g/mol. The van der Waals surface area contributed by atoms with Crippen LogP contribution >= 0.6 is 0 Å². The van der Waals surface area contributed by atoms with Crippen LogP contribution in [0.15, 0.2) is 28.8 Å². The van der Waals surface area contributed by atoms with Crippen molar-refractivity contribution in [1.82, 2.24) is 10.5 Å². The summed E-state index contributed by atoms with van der Waals surface area (Å²) in [6.45, 7) is 6.71. The predicted octanol–water partition coefficient (Wildman–Crippen LogP) is 5.36. The average molecular weight is 355 g/mol. The fourth-order valence-electron chi connectivity index (χ4n) is 3.98. The van der Waals surface area contributed by atoms with Gasteiger partial charge in [0.15, 0.2) is 0 Å². The van der Waals surface area contributed by atoms with Crippen LogP contribution in [0.4, 0.5) is 0 Å². The molecule has 3 heteroatoms. The molecule has 1 aromatic carbocycles. The third kappa shape index (κ3) is 5.20. The zero-order valence-electron chi connectivity index (χ0n) is 16.5. The summed E-state index contributed by atoms with van der Waals surface area (Å²) in [6.07, 6.45) is 11.0. The molecular weight excluding hydrogens is 320 g/mol. The van der Waals surface area contributed by atoms with Gasteiger partial charge < -0.3 is 9.84 Å². The second kappa shape index (κ2) is 9.91. The van der Waals surface area contributed by atoms with E-state index in [4.69, 9.17) is 4.52 Å². The van der Waals surface area contributed by atoms with Gasteiger partial charge in [-0.2, -0.15) is 0 Å². The van der Waals surface area contributed by atoms with Gasteiger partial charge >= 0.3 is 0 Å². The lowest BCUT2D eigenvalue weighted by Gasteiger charge is -2.22. The van der Waals surface area contributed by atoms with Crippen molar-refractivity contribution in [1.29, 1.82) is 0 Å². The van der Waals surface area contributed by atoms with E-state index < -0.39 is 0 Å². The zero-order valence-corrected chi connectivity index (χ0v) is 16.5. The molecule has 3 nitrogen and oxygen atoms in total. The molecule has 1 aliphatic heterocycles. The first-order valence-electron chi connectivity index (χ1n) is 10.5. The van der Waals surface area contributed by atoms with Crippen molar-refractivity contribution < 1.29 is 4.52 Å². The Kier molecular flexibility index (Phi) is 7.31. The number of aryl methyl sites for hydroxylation is 3. The summed E-state index contributed by atoms with van der Waals surface area (Å²) >= 11 is 0. The van der Waals surface area contributed by atoms with Gasteiger partial charge in [-0.05, 0) is 76.4 Å². The van der Waals surface area contributed by atoms with Crippen LogP contribution in [-0.2, 0) is 19.3 Å². The molecule has 2 heterocycles. The number of nitrogens with one attached hydrogen (secondary N) is 1. The quantitative estimate of drug-likeness (QED) is 0.803. The van der Waals surface area contributed by atoms with E-state index in [1.165, 1.54) is 80.4 Å². The average Bonchev–Trinajstić information content (AvgIpc) is 3.11. The van der Waals surface area contributed by atoms with Gasteiger partial charge in [0.2, 0.25) is 0 Å². The van der Waals surface area contributed by atoms with E-state index in [2.05, 4.69) is 48.6 Å². The van der Waals surface area contributed by atoms with E-state index in [1.54, 1.807) is 0 Å². The van der Waals surface area contributed by atoms with E-state index in [0.29, 0.717) is 0 Å². The summed E-state index contributed by atoms with van der Waals surface area (Å²) in [5.74, 6) is 1.96. The third-order valence-electron chi connectivity index (χ3n) is 5.69. The number of hydrogen-bond donors (Lipinski definition) is 1. The van der Waals surface area contributed by atoms with E-state index in [0.717, 1.165) is 24.5 Å². The number of aromatic nitrogens is 1. The van der Waals surface area contributed by atoms with Crippen LogP contribution < -0.4 is 5.32 Å². The molecule has 1 fully saturated rings. The molecular formula is C23H34N2O. The van der Waals surface area contributed by atoms with Crippen molar-refractivity contribution >= 4 is 0 Å². The highest BCUT2D eigenvalue weighted by Crippen LogP contribution is 2.25. The highest BCUT2D eigenvalue weighted by molar-refractivity contribution is 5.26. The lowest BCUT2D eigenvalue weighted by molar-refractivity contribution is 0.374. The molecule has 2 aromatic rings. The summed E-state index contributed by atoms with van der Waals surface area (Å²) in [6, 6.07) is 9.01. The Labute approximate surface area is 158 Å². The lowest BCUT2D eigenvalue weighted by Crippen LogP contribution is -2.26. The van der Waals surface area contributed by atoms with Crippen molar-refractivity contribution in [2.24, 2.45) is 0 Å². The highest BCUT2D eigenvalue weighted by Gasteiger charge is 2.18. The SMILES string of the molecule is CCCCc1onc2c1CCCC2.Cc1ccc(C2CCNCC2)cc1. The van der Waals surface area contributed by atoms with E-state index >= 15 is 0 Å². The number of fused-ring (bicyclic) bond motifs is 1. The number of hydrogen-bond acceptors (Lipinski definition) is 3. The van der Waals surface area contributed by atoms with E-state index in [-0.39, 0.29) is 0 Å². The van der Waals surface area contributed by atoms with E-state index in [9.17, 15) is 0 Å². The van der Waals surface area contributed by atoms with Crippen molar-refractivity contribution in [2.45, 2.75) is 77.6 Å². The van der Waals surface area contributed by atoms with Crippen molar-refractivity contribution in [3.05, 3.63) is 52.4 Å². The Morgan fingerprint density at radius 3 is 2.54 bits per heavy atom. The van der Waals surface area contributed by atoms with Crippen LogP contribution in [0.5, 0.6) is 0 Å². The van der Waals surface area contributed by atoms with Crippen molar-refractivity contribution in [3.63, 3.8) is 0 Å². The molecule has 2 aliphatic rings. The number of unbranched alkanes of at least 4 members (excludes halogenated alkanes) is 1. The third-order valence-corrected chi connectivity index (χ3v) is 5.69. The van der Waals surface area contributed by atoms with Gasteiger partial charge in [0, 0.05) is 12.0 Å². The molecule has 0 unspecified atom stereocenters. The largest absolute Gasteiger partial charge is 0.361 e. The first-order chi connectivity index (χ1) is 12.8. The maximum atomic E-state index is 5.37. The molecule has 26 heavy (non-hydrogen) atoms. The van der Waals surface area contributed by atoms with Gasteiger partial charge in [-0.15, -0.1) is 0 Å². The molecule has 1 saturated heterocycles. The smallest absolute Gasteiger partial charge is 0.140 e. The minimum atomic E-state index is 0.793. The molecule has 0 radical (unpaired) electrons. The standard InChI is InChI=1S/C12H17N.C11H17NO/c1-10-2-4-11(5-3-10)12-6-8-13-9-7-12;1-2-3-8-11-9-6-4-5-7-10(9)12-13-11/h2-5,12-13H,6-9H2,1H3;2-8H2,1H3. The normalized spacial score (nSPS) is 17.3. The zero-order chi connectivity index (χ0) is 18.2. The van der Waals surface area contributed by atoms with Crippen LogP contribution in [0, 0.1) is 6.92 Å². The molecule has 0 bridgehead atoms. The summed E-state index contributed by atoms with van der Waals surface area (Å²) in [7, 11) is 0. The molecule has 1 aliphatic carbocycles. The van der Waals surface area contributed by atoms with Crippen LogP contribution in [0.1, 0.15) is 79.5 Å². The molecule has 0 atom stereocenters. The number of rotatable bonds is 4. The molecule has 0 saturated carbocycles. The van der Waals surface area contributed by atoms with Crippen molar-refractivity contribution in [3.8, 4) is 0 Å². The molecule has 1 N–H and O–H groups in total. The van der Waals surface area contributed by atoms with Gasteiger partial charge in [-0.1, -0.05) is 48.3 Å². The van der Waals surface area contributed by atoms with E-state index in [1.807, 2.05) is 0 Å². The Hall–Kier alpha value is -1.61. The number of benzene rings is 1. The summed E-state index contributed by atoms with van der Waals surface area (Å²) in [5.41, 5.74) is 5.54. The Morgan fingerprint density at radius 2 is 1.81 bits per heavy atom. The van der Waals surface area contributed by atoms with Gasteiger partial charge in [-0.25, -0.2) is 0 Å². The number of nitrogens with zero attached hydrogens (tertiary/aromatic N) is 1. The van der Waals surface area contributed by atoms with Gasteiger partial charge in [-0.3, -0.25) is 0 Å². The first-order valence-corrected chi connectivity index (χ1v) is 10.5. The first kappa shape index (κ1) is 19.2. The van der Waals surface area contributed by atoms with Gasteiger partial charge in [0.05, 0.1) is 5.69 Å². The maximum absolute atomic E-state index is 5.37. The second-order valence-electron chi connectivity index (χ2n) is 7.78. The summed E-state index contributed by atoms with van der Waals surface area (Å²) in [5, 5.41) is 7.53. The second-order valence-corrected chi connectivity index (χ2v) is 7.78. The fraction of sp³-hybridized carbons (Fsp3) is 0.609. The van der Waals surface area contributed by atoms with Gasteiger partial charge in [0.25, 0.3) is 0 Å². The lowest BCUT2D eigenvalue weighted by atomic mass is 9.90. The topological polar surface area (TPSA) is 38.1 Å². The summed E-state index contributed by atoms with van der Waals surface area (Å²) in [4.78, 5) is 0. The van der Waals surface area contributed by atoms with Crippen LogP contribution in [0.3, 0.4) is 0 Å². The minimum absolute atomic E-state index is 0.793. The maximum Gasteiger partial charge on any atom is 0.140 e. The van der Waals surface area contributed by atoms with Crippen LogP contribution in [0.2, 0.25) is 0 Å². The Bertz CT molecular complexity index is 653. The Balaban J connectivity index is 0.000000151. The molecule has 1 aromatic heterocycles. The molecule has 142 valence electrons. The summed E-state index contributed by atoms with van der Waals surface area (Å²) < 4.78 is 5.37. The van der Waals surface area contributed by atoms with Crippen LogP contribution in [0.25, 0.3) is 0 Å². The van der Waals surface area contributed by atoms with Gasteiger partial charge in [0.1, 0.15) is 5.76 Å². The number of piperidine rings is 1. The van der Waals surface area contributed by atoms with Crippen molar-refractivity contribution in [2.75, 3.05) is 13.1 Å². The Morgan fingerprint density at radius 1 is 1.08 bits per heavy atom. The minimum Gasteiger partial charge on any atom is -0.361 e. The molecule has 0 spiro atoms. The molecule has 4 rings (SSSR count).